The van der Waals surface area contributed by atoms with Crippen LogP contribution in [0.3, 0.4) is 0 Å². The predicted molar refractivity (Wildman–Crippen MR) is 153 cm³/mol. The first kappa shape index (κ1) is 23.7. The monoisotopic (exact) mass is 543 g/mol. The van der Waals surface area contributed by atoms with Crippen LogP contribution in [0.25, 0.3) is 17.0 Å². The third-order valence-electron chi connectivity index (χ3n) is 6.39. The molecule has 9 heteroatoms. The number of nitrogens with zero attached hydrogens (tertiary/aromatic N) is 4. The van der Waals surface area contributed by atoms with Gasteiger partial charge in [0, 0.05) is 44.3 Å². The Morgan fingerprint density at radius 3 is 2.57 bits per heavy atom. The number of hydrogen-bond donors (Lipinski definition) is 1. The summed E-state index contributed by atoms with van der Waals surface area (Å²) >= 11 is 13.9. The first-order chi connectivity index (χ1) is 17.9. The summed E-state index contributed by atoms with van der Waals surface area (Å²) in [4.78, 5) is 17.4. The molecule has 2 aliphatic heterocycles. The fourth-order valence-electron chi connectivity index (χ4n) is 4.50. The Morgan fingerprint density at radius 2 is 1.78 bits per heavy atom. The zero-order chi connectivity index (χ0) is 25.7. The van der Waals surface area contributed by atoms with Gasteiger partial charge < -0.3 is 4.57 Å². The topological polar surface area (TPSA) is 73.8 Å². The van der Waals surface area contributed by atoms with Crippen molar-refractivity contribution in [3.05, 3.63) is 111 Å². The van der Waals surface area contributed by atoms with E-state index in [0.29, 0.717) is 26.8 Å². The Hall–Kier alpha value is -3.65. The maximum atomic E-state index is 13.1. The van der Waals surface area contributed by atoms with Crippen LogP contribution < -0.4 is 0 Å². The number of nitrogens with one attached hydrogen (secondary N) is 1. The number of thioether (sulfide) groups is 1. The molecule has 1 aromatic heterocycles. The van der Waals surface area contributed by atoms with Gasteiger partial charge in [-0.05, 0) is 48.5 Å². The normalized spacial score (nSPS) is 16.4. The minimum absolute atomic E-state index is 0.00501. The van der Waals surface area contributed by atoms with Crippen LogP contribution in [0.4, 0.5) is 0 Å². The van der Waals surface area contributed by atoms with E-state index < -0.39 is 5.91 Å². The Labute approximate surface area is 227 Å². The molecule has 0 saturated heterocycles. The van der Waals surface area contributed by atoms with Gasteiger partial charge in [0.1, 0.15) is 5.04 Å². The molecule has 1 N–H and O–H groups in total. The van der Waals surface area contributed by atoms with Crippen molar-refractivity contribution in [1.82, 2.24) is 9.58 Å². The molecular weight excluding hydrogens is 525 g/mol. The zero-order valence-electron chi connectivity index (χ0n) is 19.6. The highest BCUT2D eigenvalue weighted by Crippen LogP contribution is 2.34. The number of carbonyl (C=O) groups excluding carboxylic acids is 1. The molecule has 0 aliphatic carbocycles. The zero-order valence-corrected chi connectivity index (χ0v) is 21.9. The Bertz CT molecular complexity index is 1700. The van der Waals surface area contributed by atoms with Gasteiger partial charge in [0.25, 0.3) is 5.91 Å². The van der Waals surface area contributed by atoms with Gasteiger partial charge in [0.05, 0.1) is 5.57 Å². The minimum Gasteiger partial charge on any atom is -0.340 e. The lowest BCUT2D eigenvalue weighted by Crippen LogP contribution is -2.35. The van der Waals surface area contributed by atoms with Crippen molar-refractivity contribution in [3.8, 4) is 0 Å². The van der Waals surface area contributed by atoms with E-state index in [0.717, 1.165) is 33.3 Å². The van der Waals surface area contributed by atoms with E-state index in [1.54, 1.807) is 12.1 Å². The second-order valence-corrected chi connectivity index (χ2v) is 10.4. The van der Waals surface area contributed by atoms with Gasteiger partial charge in [0.2, 0.25) is 5.17 Å². The van der Waals surface area contributed by atoms with E-state index in [-0.39, 0.29) is 11.4 Å². The molecule has 37 heavy (non-hydrogen) atoms. The smallest absolute Gasteiger partial charge is 0.283 e. The number of rotatable bonds is 4. The lowest BCUT2D eigenvalue weighted by Gasteiger charge is -2.20. The first-order valence-electron chi connectivity index (χ1n) is 11.5. The van der Waals surface area contributed by atoms with Crippen LogP contribution in [0.15, 0.2) is 88.5 Å². The number of carbonyl (C=O) groups is 1. The van der Waals surface area contributed by atoms with Crippen molar-refractivity contribution in [2.24, 2.45) is 10.1 Å². The molecule has 6 rings (SSSR count). The van der Waals surface area contributed by atoms with Gasteiger partial charge in [-0.3, -0.25) is 10.2 Å². The second kappa shape index (κ2) is 9.34. The van der Waals surface area contributed by atoms with Gasteiger partial charge >= 0.3 is 0 Å². The molecule has 3 heterocycles. The first-order valence-corrected chi connectivity index (χ1v) is 13.1. The van der Waals surface area contributed by atoms with Crippen molar-refractivity contribution in [2.75, 3.05) is 0 Å². The number of halogens is 2. The number of aromatic nitrogens is 1. The lowest BCUT2D eigenvalue weighted by atomic mass is 10.1. The molecule has 182 valence electrons. The summed E-state index contributed by atoms with van der Waals surface area (Å²) in [5.41, 5.74) is 4.83. The number of amides is 1. The molecule has 2 aliphatic rings. The summed E-state index contributed by atoms with van der Waals surface area (Å²) in [5, 5.41) is 18.1. The standard InChI is InChI=1S/C28H19Cl2N5OS/c1-16-21(20-9-5-6-10-24(20)34(16)15-18-11-12-19(29)13-23(18)30)14-22-25(31)35-28(32-26(22)36)37-27(33-35)17-7-3-2-4-8-17/h2-14,31H,15H2,1H3/b22-14-,31-25?. The maximum absolute atomic E-state index is 13.1. The minimum atomic E-state index is -0.453. The Balaban J connectivity index is 1.42. The van der Waals surface area contributed by atoms with Crippen LogP contribution in [0.1, 0.15) is 22.4 Å². The van der Waals surface area contributed by atoms with Crippen molar-refractivity contribution < 1.29 is 4.79 Å². The SMILES string of the molecule is Cc1c(/C=C2/C(=N)N3N=C(c4ccccc4)SC3=NC2=O)c2ccccc2n1Cc1ccc(Cl)cc1Cl. The highest BCUT2D eigenvalue weighted by Gasteiger charge is 2.36. The van der Waals surface area contributed by atoms with Gasteiger partial charge in [0.15, 0.2) is 5.84 Å². The van der Waals surface area contributed by atoms with Crippen molar-refractivity contribution >= 4 is 73.9 Å². The quantitative estimate of drug-likeness (QED) is 0.282. The largest absolute Gasteiger partial charge is 0.340 e. The number of hydrazone groups is 1. The summed E-state index contributed by atoms with van der Waals surface area (Å²) in [6.07, 6.45) is 1.75. The summed E-state index contributed by atoms with van der Waals surface area (Å²) in [5.74, 6) is -0.448. The molecule has 0 unspecified atom stereocenters. The lowest BCUT2D eigenvalue weighted by molar-refractivity contribution is -0.114. The van der Waals surface area contributed by atoms with E-state index >= 15 is 0 Å². The molecule has 3 aromatic carbocycles. The summed E-state index contributed by atoms with van der Waals surface area (Å²) < 4.78 is 2.15. The second-order valence-electron chi connectivity index (χ2n) is 8.63. The fourth-order valence-corrected chi connectivity index (χ4v) is 5.86. The van der Waals surface area contributed by atoms with Gasteiger partial charge in [-0.2, -0.15) is 15.1 Å². The van der Waals surface area contributed by atoms with E-state index in [1.807, 2.05) is 73.7 Å². The molecule has 0 fully saturated rings. The average molecular weight is 544 g/mol. The van der Waals surface area contributed by atoms with Crippen LogP contribution in [-0.4, -0.2) is 31.5 Å². The molecule has 1 amide bonds. The molecule has 0 atom stereocenters. The molecule has 0 radical (unpaired) electrons. The fraction of sp³-hybridized carbons (Fsp3) is 0.0714. The van der Waals surface area contributed by atoms with Gasteiger partial charge in [-0.25, -0.2) is 0 Å². The molecule has 0 bridgehead atoms. The molecule has 4 aromatic rings. The molecule has 0 spiro atoms. The number of benzene rings is 3. The maximum Gasteiger partial charge on any atom is 0.283 e. The van der Waals surface area contributed by atoms with E-state index in [9.17, 15) is 4.79 Å². The highest BCUT2D eigenvalue weighted by atomic mass is 35.5. The van der Waals surface area contributed by atoms with Crippen molar-refractivity contribution in [3.63, 3.8) is 0 Å². The van der Waals surface area contributed by atoms with Crippen LogP contribution in [0, 0.1) is 12.3 Å². The van der Waals surface area contributed by atoms with Crippen LogP contribution in [-0.2, 0) is 11.3 Å². The number of para-hydroxylation sites is 1. The van der Waals surface area contributed by atoms with Gasteiger partial charge in [-0.1, -0.05) is 77.8 Å². The third-order valence-corrected chi connectivity index (χ3v) is 7.93. The highest BCUT2D eigenvalue weighted by molar-refractivity contribution is 8.27. The average Bonchev–Trinajstić information content (AvgIpc) is 3.43. The predicted octanol–water partition coefficient (Wildman–Crippen LogP) is 6.97. The van der Waals surface area contributed by atoms with Crippen LogP contribution in [0.5, 0.6) is 0 Å². The van der Waals surface area contributed by atoms with Crippen LogP contribution in [0.2, 0.25) is 10.0 Å². The van der Waals surface area contributed by atoms with E-state index in [1.165, 1.54) is 16.8 Å². The van der Waals surface area contributed by atoms with E-state index in [2.05, 4.69) is 14.7 Å². The Kier molecular flexibility index (Phi) is 5.99. The molecule has 6 nitrogen and oxygen atoms in total. The van der Waals surface area contributed by atoms with Crippen molar-refractivity contribution in [2.45, 2.75) is 13.5 Å². The molecular formula is C28H19Cl2N5OS. The summed E-state index contributed by atoms with van der Waals surface area (Å²) in [6, 6.07) is 23.1. The number of fused-ring (bicyclic) bond motifs is 2. The molecule has 0 saturated carbocycles. The van der Waals surface area contributed by atoms with Crippen molar-refractivity contribution in [1.29, 1.82) is 5.41 Å². The van der Waals surface area contributed by atoms with E-state index in [4.69, 9.17) is 28.6 Å². The number of amidine groups is 2. The third kappa shape index (κ3) is 4.19. The summed E-state index contributed by atoms with van der Waals surface area (Å²) in [7, 11) is 0. The summed E-state index contributed by atoms with van der Waals surface area (Å²) in [6.45, 7) is 2.53. The Morgan fingerprint density at radius 1 is 1.03 bits per heavy atom. The number of hydrogen-bond acceptors (Lipinski definition) is 4. The van der Waals surface area contributed by atoms with Gasteiger partial charge in [-0.15, -0.1) is 0 Å². The van der Waals surface area contributed by atoms with Crippen LogP contribution >= 0.6 is 35.0 Å². The number of aliphatic imine (C=N–C) groups is 1.